The van der Waals surface area contributed by atoms with E-state index in [2.05, 4.69) is 27.4 Å². The van der Waals surface area contributed by atoms with Crippen LogP contribution in [0.3, 0.4) is 0 Å². The fraction of sp³-hybridized carbons (Fsp3) is 0.438. The zero-order valence-electron chi connectivity index (χ0n) is 12.3. The van der Waals surface area contributed by atoms with E-state index in [9.17, 15) is 4.79 Å². The third-order valence-corrected chi connectivity index (χ3v) is 4.02. The highest BCUT2D eigenvalue weighted by atomic mass is 79.9. The van der Waals surface area contributed by atoms with Crippen LogP contribution in [-0.2, 0) is 4.79 Å². The van der Waals surface area contributed by atoms with Crippen LogP contribution < -0.4 is 4.74 Å². The maximum Gasteiger partial charge on any atom is 0.263 e. The van der Waals surface area contributed by atoms with Gasteiger partial charge in [0, 0.05) is 37.2 Å². The molecule has 5 heteroatoms. The molecule has 1 atom stereocenters. The fourth-order valence-electron chi connectivity index (χ4n) is 2.39. The molecule has 1 saturated heterocycles. The molecule has 4 nitrogen and oxygen atoms in total. The highest BCUT2D eigenvalue weighted by Crippen LogP contribution is 2.19. The minimum atomic E-state index is -0.467. The van der Waals surface area contributed by atoms with Crippen molar-refractivity contribution in [2.75, 3.05) is 32.7 Å². The first-order valence-electron chi connectivity index (χ1n) is 7.14. The molecule has 2 rings (SSSR count). The van der Waals surface area contributed by atoms with Crippen LogP contribution in [0.1, 0.15) is 6.92 Å². The predicted molar refractivity (Wildman–Crippen MR) is 87.4 cm³/mol. The molecule has 1 heterocycles. The van der Waals surface area contributed by atoms with Crippen molar-refractivity contribution in [3.8, 4) is 5.75 Å². The van der Waals surface area contributed by atoms with Crippen LogP contribution in [-0.4, -0.2) is 54.5 Å². The number of hydrogen-bond donors (Lipinski definition) is 0. The Morgan fingerprint density at radius 1 is 1.43 bits per heavy atom. The van der Waals surface area contributed by atoms with Gasteiger partial charge in [0.15, 0.2) is 6.10 Å². The lowest BCUT2D eigenvalue weighted by molar-refractivity contribution is -0.139. The number of piperazine rings is 1. The van der Waals surface area contributed by atoms with Gasteiger partial charge in [-0.15, -0.1) is 6.58 Å². The summed E-state index contributed by atoms with van der Waals surface area (Å²) in [6.45, 7) is 9.71. The van der Waals surface area contributed by atoms with E-state index >= 15 is 0 Å². The number of amides is 1. The Morgan fingerprint density at radius 2 is 2.14 bits per heavy atom. The smallest absolute Gasteiger partial charge is 0.263 e. The molecule has 0 radical (unpaired) electrons. The van der Waals surface area contributed by atoms with Crippen molar-refractivity contribution in [3.05, 3.63) is 41.4 Å². The SMILES string of the molecule is C=CCN1CCN(C(=O)C(C)Oc2cccc(Br)c2)CC1. The molecule has 1 aliphatic heterocycles. The molecule has 114 valence electrons. The predicted octanol–water partition coefficient (Wildman–Crippen LogP) is 2.55. The number of carbonyl (C=O) groups excluding carboxylic acids is 1. The molecule has 0 aliphatic carbocycles. The number of benzene rings is 1. The minimum Gasteiger partial charge on any atom is -0.481 e. The molecule has 1 unspecified atom stereocenters. The van der Waals surface area contributed by atoms with E-state index in [1.54, 1.807) is 6.92 Å². The van der Waals surface area contributed by atoms with Crippen molar-refractivity contribution in [2.24, 2.45) is 0 Å². The first-order valence-corrected chi connectivity index (χ1v) is 7.93. The molecule has 0 aromatic heterocycles. The molecule has 1 aromatic rings. The van der Waals surface area contributed by atoms with Crippen molar-refractivity contribution in [2.45, 2.75) is 13.0 Å². The van der Waals surface area contributed by atoms with Crippen molar-refractivity contribution in [1.29, 1.82) is 0 Å². The van der Waals surface area contributed by atoms with Gasteiger partial charge in [0.2, 0.25) is 0 Å². The maximum atomic E-state index is 12.4. The monoisotopic (exact) mass is 352 g/mol. The third-order valence-electron chi connectivity index (χ3n) is 3.53. The molecule has 0 N–H and O–H groups in total. The summed E-state index contributed by atoms with van der Waals surface area (Å²) < 4.78 is 6.68. The van der Waals surface area contributed by atoms with Crippen LogP contribution in [0.5, 0.6) is 5.75 Å². The summed E-state index contributed by atoms with van der Waals surface area (Å²) in [6.07, 6.45) is 1.43. The van der Waals surface area contributed by atoms with Crippen molar-refractivity contribution in [1.82, 2.24) is 9.80 Å². The van der Waals surface area contributed by atoms with Crippen LogP contribution in [0.4, 0.5) is 0 Å². The summed E-state index contributed by atoms with van der Waals surface area (Å²) in [6, 6.07) is 7.55. The lowest BCUT2D eigenvalue weighted by Crippen LogP contribution is -2.51. The first kappa shape index (κ1) is 16.0. The van der Waals surface area contributed by atoms with E-state index in [0.29, 0.717) is 5.75 Å². The Balaban J connectivity index is 1.87. The number of halogens is 1. The molecule has 1 aromatic carbocycles. The van der Waals surface area contributed by atoms with Crippen molar-refractivity contribution < 1.29 is 9.53 Å². The normalized spacial score (nSPS) is 17.3. The molecule has 21 heavy (non-hydrogen) atoms. The zero-order chi connectivity index (χ0) is 15.2. The van der Waals surface area contributed by atoms with E-state index in [4.69, 9.17) is 4.74 Å². The van der Waals surface area contributed by atoms with Gasteiger partial charge in [-0.25, -0.2) is 0 Å². The number of carbonyl (C=O) groups is 1. The molecular formula is C16H21BrN2O2. The highest BCUT2D eigenvalue weighted by Gasteiger charge is 2.25. The van der Waals surface area contributed by atoms with Gasteiger partial charge >= 0.3 is 0 Å². The van der Waals surface area contributed by atoms with Crippen LogP contribution >= 0.6 is 15.9 Å². The van der Waals surface area contributed by atoms with Crippen LogP contribution in [0.15, 0.2) is 41.4 Å². The van der Waals surface area contributed by atoms with E-state index < -0.39 is 6.10 Å². The number of ether oxygens (including phenoxy) is 1. The summed E-state index contributed by atoms with van der Waals surface area (Å²) in [5.41, 5.74) is 0. The van der Waals surface area contributed by atoms with Crippen molar-refractivity contribution in [3.63, 3.8) is 0 Å². The van der Waals surface area contributed by atoms with Crippen LogP contribution in [0, 0.1) is 0 Å². The zero-order valence-corrected chi connectivity index (χ0v) is 13.9. The van der Waals surface area contributed by atoms with Crippen molar-refractivity contribution >= 4 is 21.8 Å². The summed E-state index contributed by atoms with van der Waals surface area (Å²) in [4.78, 5) is 16.6. The van der Waals surface area contributed by atoms with Gasteiger partial charge in [0.25, 0.3) is 5.91 Å². The first-order chi connectivity index (χ1) is 10.1. The Kier molecular flexibility index (Phi) is 5.82. The average Bonchev–Trinajstić information content (AvgIpc) is 2.47. The van der Waals surface area contributed by atoms with Gasteiger partial charge in [-0.1, -0.05) is 28.1 Å². The maximum absolute atomic E-state index is 12.4. The molecule has 0 bridgehead atoms. The number of nitrogens with zero attached hydrogens (tertiary/aromatic N) is 2. The Bertz CT molecular complexity index is 499. The second-order valence-electron chi connectivity index (χ2n) is 5.13. The summed E-state index contributed by atoms with van der Waals surface area (Å²) in [5, 5.41) is 0. The Hall–Kier alpha value is -1.33. The summed E-state index contributed by atoms with van der Waals surface area (Å²) >= 11 is 3.40. The lowest BCUT2D eigenvalue weighted by atomic mass is 10.2. The standard InChI is InChI=1S/C16H21BrN2O2/c1-3-7-18-8-10-19(11-9-18)16(20)13(2)21-15-6-4-5-14(17)12-15/h3-6,12-13H,1,7-11H2,2H3. The van der Waals surface area contributed by atoms with Gasteiger partial charge in [0.1, 0.15) is 5.75 Å². The molecular weight excluding hydrogens is 332 g/mol. The molecule has 1 aliphatic rings. The number of hydrogen-bond acceptors (Lipinski definition) is 3. The van der Waals surface area contributed by atoms with E-state index in [-0.39, 0.29) is 5.91 Å². The minimum absolute atomic E-state index is 0.0493. The average molecular weight is 353 g/mol. The second kappa shape index (κ2) is 7.61. The number of rotatable bonds is 5. The van der Waals surface area contributed by atoms with Gasteiger partial charge in [-0.2, -0.15) is 0 Å². The topological polar surface area (TPSA) is 32.8 Å². The lowest BCUT2D eigenvalue weighted by Gasteiger charge is -2.35. The van der Waals surface area contributed by atoms with Crippen LogP contribution in [0.2, 0.25) is 0 Å². The summed E-state index contributed by atoms with van der Waals surface area (Å²) in [7, 11) is 0. The highest BCUT2D eigenvalue weighted by molar-refractivity contribution is 9.10. The Labute approximate surface area is 134 Å². The van der Waals surface area contributed by atoms with Gasteiger partial charge in [0.05, 0.1) is 0 Å². The summed E-state index contributed by atoms with van der Waals surface area (Å²) in [5.74, 6) is 0.753. The van der Waals surface area contributed by atoms with E-state index in [1.807, 2.05) is 35.2 Å². The largest absolute Gasteiger partial charge is 0.481 e. The molecule has 0 saturated carbocycles. The quantitative estimate of drug-likeness (QED) is 0.763. The second-order valence-corrected chi connectivity index (χ2v) is 6.05. The Morgan fingerprint density at radius 3 is 2.76 bits per heavy atom. The molecule has 0 spiro atoms. The molecule has 1 amide bonds. The van der Waals surface area contributed by atoms with E-state index in [0.717, 1.165) is 37.2 Å². The third kappa shape index (κ3) is 4.58. The van der Waals surface area contributed by atoms with Gasteiger partial charge in [-0.05, 0) is 25.1 Å². The van der Waals surface area contributed by atoms with E-state index in [1.165, 1.54) is 0 Å². The van der Waals surface area contributed by atoms with Gasteiger partial charge in [-0.3, -0.25) is 9.69 Å². The van der Waals surface area contributed by atoms with Gasteiger partial charge < -0.3 is 9.64 Å². The molecule has 1 fully saturated rings. The fourth-order valence-corrected chi connectivity index (χ4v) is 2.76. The van der Waals surface area contributed by atoms with Crippen LogP contribution in [0.25, 0.3) is 0 Å².